The lowest BCUT2D eigenvalue weighted by molar-refractivity contribution is 0.483. The molecule has 0 N–H and O–H groups in total. The number of aromatic nitrogens is 4. The van der Waals surface area contributed by atoms with Crippen molar-refractivity contribution in [1.82, 2.24) is 18.7 Å². The molecular formula is C44H33N4O+. The van der Waals surface area contributed by atoms with Crippen molar-refractivity contribution >= 4 is 32.8 Å². The number of ether oxygens (including phenoxy) is 1. The molecule has 234 valence electrons. The molecule has 0 atom stereocenters. The van der Waals surface area contributed by atoms with Crippen molar-refractivity contribution in [3.63, 3.8) is 0 Å². The van der Waals surface area contributed by atoms with Gasteiger partial charge in [-0.3, -0.25) is 4.57 Å². The van der Waals surface area contributed by atoms with Gasteiger partial charge in [-0.25, -0.2) is 4.98 Å². The van der Waals surface area contributed by atoms with Crippen LogP contribution in [0.5, 0.6) is 11.5 Å². The van der Waals surface area contributed by atoms with Gasteiger partial charge < -0.3 is 4.74 Å². The van der Waals surface area contributed by atoms with Crippen LogP contribution in [0.1, 0.15) is 11.1 Å². The van der Waals surface area contributed by atoms with Gasteiger partial charge in [-0.05, 0) is 96.8 Å². The zero-order valence-corrected chi connectivity index (χ0v) is 27.3. The van der Waals surface area contributed by atoms with Crippen molar-refractivity contribution < 1.29 is 4.74 Å². The Balaban J connectivity index is 1.13. The predicted molar refractivity (Wildman–Crippen MR) is 201 cm³/mol. The molecule has 0 saturated carbocycles. The summed E-state index contributed by atoms with van der Waals surface area (Å²) in [6.07, 6.45) is 4.05. The van der Waals surface area contributed by atoms with Crippen LogP contribution in [0, 0.1) is 13.8 Å². The third kappa shape index (κ3) is 4.95. The number of hydrogen-bond donors (Lipinski definition) is 0. The Morgan fingerprint density at radius 3 is 1.94 bits per heavy atom. The average molecular weight is 634 g/mol. The highest BCUT2D eigenvalue weighted by Gasteiger charge is 2.19. The number of hydrogen-bond acceptors (Lipinski definition) is 2. The normalized spacial score (nSPS) is 11.5. The van der Waals surface area contributed by atoms with E-state index in [1.54, 1.807) is 0 Å². The highest BCUT2D eigenvalue weighted by atomic mass is 16.5. The molecule has 0 saturated heterocycles. The molecule has 0 radical (unpaired) electrons. The second-order valence-corrected chi connectivity index (χ2v) is 12.5. The summed E-state index contributed by atoms with van der Waals surface area (Å²) in [7, 11) is 0. The third-order valence-electron chi connectivity index (χ3n) is 9.39. The van der Waals surface area contributed by atoms with E-state index in [4.69, 9.17) is 9.72 Å². The van der Waals surface area contributed by atoms with Crippen molar-refractivity contribution in [3.05, 3.63) is 175 Å². The first-order chi connectivity index (χ1) is 24.1. The lowest BCUT2D eigenvalue weighted by atomic mass is 9.96. The molecule has 0 fully saturated rings. The standard InChI is InChI=1S/C44H33N4O/c1-30-12-10-13-31(2)44(30)32-24-25-45-43(26-32)48-39-19-7-6-18-37(39)38-23-22-36(28-42(38)48)49-35-17-11-16-34(27-35)47-29-46(33-14-4-3-5-15-33)40-20-8-9-21-41(40)47/h3-29H,1-2H3/q+1. The molecule has 0 aliphatic carbocycles. The van der Waals surface area contributed by atoms with Crippen LogP contribution < -0.4 is 4.74 Å². The summed E-state index contributed by atoms with van der Waals surface area (Å²) < 4.78 is 13.3. The molecule has 0 amide bonds. The maximum Gasteiger partial charge on any atom is 0.168 e. The van der Waals surface area contributed by atoms with Crippen LogP contribution in [-0.4, -0.2) is 18.7 Å². The molecule has 0 spiro atoms. The number of benzene rings is 6. The van der Waals surface area contributed by atoms with Crippen LogP contribution in [0.15, 0.2) is 164 Å². The van der Waals surface area contributed by atoms with Gasteiger partial charge in [-0.2, -0.15) is 9.13 Å². The summed E-state index contributed by atoms with van der Waals surface area (Å²) in [5.74, 6) is 2.40. The summed E-state index contributed by atoms with van der Waals surface area (Å²) >= 11 is 0. The van der Waals surface area contributed by atoms with E-state index in [-0.39, 0.29) is 0 Å². The molecular weight excluding hydrogens is 601 g/mol. The first kappa shape index (κ1) is 28.7. The first-order valence-corrected chi connectivity index (χ1v) is 16.5. The van der Waals surface area contributed by atoms with E-state index in [2.05, 4.69) is 167 Å². The van der Waals surface area contributed by atoms with Gasteiger partial charge in [0.2, 0.25) is 0 Å². The van der Waals surface area contributed by atoms with Crippen LogP contribution in [0.3, 0.4) is 0 Å². The number of imidazole rings is 1. The molecule has 9 aromatic rings. The zero-order valence-electron chi connectivity index (χ0n) is 27.3. The van der Waals surface area contributed by atoms with Crippen molar-refractivity contribution in [3.8, 4) is 39.8 Å². The predicted octanol–water partition coefficient (Wildman–Crippen LogP) is 11.3. The fourth-order valence-corrected chi connectivity index (χ4v) is 7.17. The summed E-state index contributed by atoms with van der Waals surface area (Å²) in [6.45, 7) is 4.34. The molecule has 0 aliphatic rings. The molecule has 3 aromatic heterocycles. The average Bonchev–Trinajstić information content (AvgIpc) is 3.68. The highest BCUT2D eigenvalue weighted by Crippen LogP contribution is 2.37. The number of fused-ring (bicyclic) bond motifs is 4. The van der Waals surface area contributed by atoms with Crippen molar-refractivity contribution in [1.29, 1.82) is 0 Å². The summed E-state index contributed by atoms with van der Waals surface area (Å²) in [5.41, 5.74) is 11.4. The van der Waals surface area contributed by atoms with Gasteiger partial charge in [0.15, 0.2) is 17.4 Å². The van der Waals surface area contributed by atoms with Crippen molar-refractivity contribution in [2.75, 3.05) is 0 Å². The quantitative estimate of drug-likeness (QED) is 0.171. The Bertz CT molecular complexity index is 2650. The largest absolute Gasteiger partial charge is 0.456 e. The van der Waals surface area contributed by atoms with Crippen LogP contribution in [0.25, 0.3) is 61.2 Å². The number of rotatable bonds is 6. The molecule has 0 unspecified atom stereocenters. The smallest absolute Gasteiger partial charge is 0.168 e. The fourth-order valence-electron chi connectivity index (χ4n) is 7.17. The minimum absolute atomic E-state index is 0.760. The SMILES string of the molecule is Cc1cccc(C)c1-c1ccnc(-n2c3ccccc3c3ccc(Oc4cccc(-n5[cH+]n(-c6ccccc6)c6ccccc65)c4)cc32)c1. The zero-order chi connectivity index (χ0) is 32.9. The lowest BCUT2D eigenvalue weighted by Gasteiger charge is -2.13. The van der Waals surface area contributed by atoms with Crippen LogP contribution >= 0.6 is 0 Å². The Hall–Kier alpha value is -6.46. The van der Waals surface area contributed by atoms with E-state index >= 15 is 0 Å². The van der Waals surface area contributed by atoms with Gasteiger partial charge in [-0.15, -0.1) is 0 Å². The Morgan fingerprint density at radius 1 is 0.510 bits per heavy atom. The minimum Gasteiger partial charge on any atom is -0.456 e. The van der Waals surface area contributed by atoms with Crippen LogP contribution in [0.2, 0.25) is 0 Å². The minimum atomic E-state index is 0.760. The van der Waals surface area contributed by atoms with Crippen LogP contribution in [0.4, 0.5) is 0 Å². The first-order valence-electron chi connectivity index (χ1n) is 16.5. The third-order valence-corrected chi connectivity index (χ3v) is 9.39. The number of aryl methyl sites for hydroxylation is 2. The van der Waals surface area contributed by atoms with Gasteiger partial charge in [0.25, 0.3) is 0 Å². The van der Waals surface area contributed by atoms with E-state index in [0.29, 0.717) is 0 Å². The molecule has 5 nitrogen and oxygen atoms in total. The van der Waals surface area contributed by atoms with E-state index in [1.807, 2.05) is 24.4 Å². The van der Waals surface area contributed by atoms with Gasteiger partial charge >= 0.3 is 0 Å². The maximum atomic E-state index is 6.61. The van der Waals surface area contributed by atoms with E-state index in [9.17, 15) is 0 Å². The second-order valence-electron chi connectivity index (χ2n) is 12.5. The Labute approximate surface area is 284 Å². The van der Waals surface area contributed by atoms with Gasteiger partial charge in [0.1, 0.15) is 28.7 Å². The molecule has 9 rings (SSSR count). The topological polar surface area (TPSA) is 36.9 Å². The maximum absolute atomic E-state index is 6.61. The Morgan fingerprint density at radius 2 is 1.14 bits per heavy atom. The molecule has 0 aliphatic heterocycles. The molecule has 49 heavy (non-hydrogen) atoms. The summed E-state index contributed by atoms with van der Waals surface area (Å²) in [4.78, 5) is 4.89. The highest BCUT2D eigenvalue weighted by molar-refractivity contribution is 6.09. The van der Waals surface area contributed by atoms with E-state index < -0.39 is 0 Å². The van der Waals surface area contributed by atoms with Gasteiger partial charge in [-0.1, -0.05) is 66.7 Å². The fraction of sp³-hybridized carbons (Fsp3) is 0.0455. The van der Waals surface area contributed by atoms with Gasteiger partial charge in [0.05, 0.1) is 11.0 Å². The molecule has 5 heteroatoms. The monoisotopic (exact) mass is 633 g/mol. The molecule has 3 heterocycles. The Kier molecular flexibility index (Phi) is 6.83. The number of nitrogens with zero attached hydrogens (tertiary/aromatic N) is 4. The van der Waals surface area contributed by atoms with Crippen molar-refractivity contribution in [2.24, 2.45) is 0 Å². The molecule has 6 aromatic carbocycles. The van der Waals surface area contributed by atoms with E-state index in [0.717, 1.165) is 61.7 Å². The second kappa shape index (κ2) is 11.7. The van der Waals surface area contributed by atoms with Crippen molar-refractivity contribution in [2.45, 2.75) is 13.8 Å². The van der Waals surface area contributed by atoms with Crippen LogP contribution in [-0.2, 0) is 0 Å². The summed E-state index contributed by atoms with van der Waals surface area (Å²) in [6, 6.07) is 52.8. The van der Waals surface area contributed by atoms with Gasteiger partial charge in [0, 0.05) is 41.2 Å². The lowest BCUT2D eigenvalue weighted by Crippen LogP contribution is -1.98. The van der Waals surface area contributed by atoms with E-state index in [1.165, 1.54) is 22.1 Å². The molecule has 0 bridgehead atoms. The summed E-state index contributed by atoms with van der Waals surface area (Å²) in [5, 5.41) is 2.33. The number of pyridine rings is 1. The number of para-hydroxylation sites is 4.